The predicted molar refractivity (Wildman–Crippen MR) is 117 cm³/mol. The Balaban J connectivity index is 1.87. The van der Waals surface area contributed by atoms with Crippen molar-refractivity contribution < 1.29 is 33.7 Å². The highest BCUT2D eigenvalue weighted by atomic mass is 19.1. The molecule has 33 heavy (non-hydrogen) atoms. The molecule has 2 amide bonds. The van der Waals surface area contributed by atoms with Crippen LogP contribution in [0.4, 0.5) is 4.39 Å². The number of carbonyl (C=O) groups excluding carboxylic acids is 2. The molecule has 3 rings (SSSR count). The molecule has 0 spiro atoms. The van der Waals surface area contributed by atoms with Crippen LogP contribution in [0, 0.1) is 11.2 Å². The topological polar surface area (TPSA) is 135 Å². The van der Waals surface area contributed by atoms with Gasteiger partial charge in [-0.25, -0.2) is 4.39 Å². The van der Waals surface area contributed by atoms with E-state index in [-0.39, 0.29) is 30.4 Å². The van der Waals surface area contributed by atoms with Gasteiger partial charge in [0.2, 0.25) is 5.91 Å². The normalized spacial score (nSPS) is 18.7. The van der Waals surface area contributed by atoms with E-state index in [1.165, 1.54) is 16.8 Å². The number of nitrogens with zero attached hydrogens (tertiary/aromatic N) is 2. The van der Waals surface area contributed by atoms with Gasteiger partial charge in [0, 0.05) is 11.9 Å². The van der Waals surface area contributed by atoms with Crippen LogP contribution >= 0.6 is 0 Å². The fourth-order valence-corrected chi connectivity index (χ4v) is 3.59. The Bertz CT molecular complexity index is 983. The smallest absolute Gasteiger partial charge is 0.273 e. The molecular weight excluding hydrogens is 435 g/mol. The number of nitrogens with one attached hydrogen (secondary N) is 2. The zero-order valence-electron chi connectivity index (χ0n) is 19.0. The molecule has 2 heterocycles. The fraction of sp³-hybridized carbons (Fsp3) is 0.591. The SMILES string of the molecule is CC(C)(C)[C@H](NC(=O)c1nn(C[C@@H]2COCCO2)c2c(F)cccc12)C(=O)NC[C@@H](O)CO. The number of carbonyl (C=O) groups is 2. The maximum absolute atomic E-state index is 14.7. The number of ether oxygens (including phenoxy) is 2. The van der Waals surface area contributed by atoms with Gasteiger partial charge in [0.15, 0.2) is 5.69 Å². The van der Waals surface area contributed by atoms with Crippen molar-refractivity contribution in [2.75, 3.05) is 33.0 Å². The van der Waals surface area contributed by atoms with Crippen LogP contribution in [-0.4, -0.2) is 83.0 Å². The van der Waals surface area contributed by atoms with Crippen molar-refractivity contribution in [2.45, 2.75) is 45.6 Å². The lowest BCUT2D eigenvalue weighted by molar-refractivity contribution is -0.125. The number of para-hydroxylation sites is 1. The number of hydrogen-bond donors (Lipinski definition) is 4. The highest BCUT2D eigenvalue weighted by Crippen LogP contribution is 2.24. The van der Waals surface area contributed by atoms with Crippen LogP contribution in [0.2, 0.25) is 0 Å². The number of fused-ring (bicyclic) bond motifs is 1. The van der Waals surface area contributed by atoms with E-state index in [9.17, 15) is 19.1 Å². The zero-order valence-corrected chi connectivity index (χ0v) is 19.0. The molecule has 0 unspecified atom stereocenters. The van der Waals surface area contributed by atoms with Crippen LogP contribution in [0.15, 0.2) is 18.2 Å². The Hall–Kier alpha value is -2.60. The third-order valence-electron chi connectivity index (χ3n) is 5.32. The number of benzene rings is 1. The second kappa shape index (κ2) is 10.6. The van der Waals surface area contributed by atoms with Gasteiger partial charge in [-0.1, -0.05) is 32.9 Å². The first kappa shape index (κ1) is 25.0. The average Bonchev–Trinajstić information content (AvgIpc) is 3.15. The van der Waals surface area contributed by atoms with E-state index < -0.39 is 41.8 Å². The van der Waals surface area contributed by atoms with Gasteiger partial charge in [-0.2, -0.15) is 5.10 Å². The van der Waals surface area contributed by atoms with Crippen LogP contribution in [0.1, 0.15) is 31.3 Å². The lowest BCUT2D eigenvalue weighted by atomic mass is 9.86. The third-order valence-corrected chi connectivity index (χ3v) is 5.32. The molecule has 1 aliphatic rings. The van der Waals surface area contributed by atoms with Gasteiger partial charge in [-0.3, -0.25) is 14.3 Å². The minimum Gasteiger partial charge on any atom is -0.394 e. The molecule has 10 nitrogen and oxygen atoms in total. The summed E-state index contributed by atoms with van der Waals surface area (Å²) < 4.78 is 27.1. The number of rotatable bonds is 8. The minimum absolute atomic E-state index is 0.0151. The highest BCUT2D eigenvalue weighted by molar-refractivity contribution is 6.06. The van der Waals surface area contributed by atoms with Crippen molar-refractivity contribution in [3.63, 3.8) is 0 Å². The van der Waals surface area contributed by atoms with E-state index in [0.717, 1.165) is 0 Å². The summed E-state index contributed by atoms with van der Waals surface area (Å²) in [6, 6.07) is 3.40. The number of aromatic nitrogens is 2. The van der Waals surface area contributed by atoms with Crippen LogP contribution in [0.25, 0.3) is 10.9 Å². The summed E-state index contributed by atoms with van der Waals surface area (Å²) in [5, 5.41) is 28.3. The molecule has 1 aromatic carbocycles. The van der Waals surface area contributed by atoms with Gasteiger partial charge in [0.25, 0.3) is 5.91 Å². The largest absolute Gasteiger partial charge is 0.394 e. The molecule has 1 fully saturated rings. The second-order valence-electron chi connectivity index (χ2n) is 9.09. The van der Waals surface area contributed by atoms with Crippen molar-refractivity contribution in [2.24, 2.45) is 5.41 Å². The van der Waals surface area contributed by atoms with E-state index in [1.54, 1.807) is 26.8 Å². The lowest BCUT2D eigenvalue weighted by Crippen LogP contribution is -2.54. The third kappa shape index (κ3) is 6.05. The van der Waals surface area contributed by atoms with E-state index in [4.69, 9.17) is 14.6 Å². The van der Waals surface area contributed by atoms with Crippen molar-refractivity contribution >= 4 is 22.7 Å². The van der Waals surface area contributed by atoms with Gasteiger partial charge in [-0.15, -0.1) is 0 Å². The van der Waals surface area contributed by atoms with Gasteiger partial charge in [-0.05, 0) is 11.5 Å². The van der Waals surface area contributed by atoms with Crippen molar-refractivity contribution in [3.8, 4) is 0 Å². The monoisotopic (exact) mass is 466 g/mol. The Morgan fingerprint density at radius 1 is 1.33 bits per heavy atom. The van der Waals surface area contributed by atoms with Crippen molar-refractivity contribution in [3.05, 3.63) is 29.7 Å². The van der Waals surface area contributed by atoms with Crippen molar-refractivity contribution in [1.29, 1.82) is 0 Å². The summed E-state index contributed by atoms with van der Waals surface area (Å²) in [7, 11) is 0. The second-order valence-corrected chi connectivity index (χ2v) is 9.09. The molecule has 1 aromatic heterocycles. The zero-order chi connectivity index (χ0) is 24.2. The molecular formula is C22H31FN4O6. The summed E-state index contributed by atoms with van der Waals surface area (Å²) in [6.07, 6.45) is -1.44. The molecule has 11 heteroatoms. The molecule has 0 bridgehead atoms. The van der Waals surface area contributed by atoms with E-state index in [0.29, 0.717) is 25.2 Å². The Kier molecular flexibility index (Phi) is 8.01. The lowest BCUT2D eigenvalue weighted by Gasteiger charge is -2.30. The van der Waals surface area contributed by atoms with Gasteiger partial charge < -0.3 is 30.3 Å². The highest BCUT2D eigenvalue weighted by Gasteiger charge is 2.34. The molecule has 0 radical (unpaired) electrons. The first-order chi connectivity index (χ1) is 15.6. The quantitative estimate of drug-likeness (QED) is 0.437. The molecule has 2 aromatic rings. The van der Waals surface area contributed by atoms with Crippen LogP contribution < -0.4 is 10.6 Å². The molecule has 4 N–H and O–H groups in total. The first-order valence-corrected chi connectivity index (χ1v) is 10.8. The first-order valence-electron chi connectivity index (χ1n) is 10.8. The van der Waals surface area contributed by atoms with E-state index >= 15 is 0 Å². The summed E-state index contributed by atoms with van der Waals surface area (Å²) in [4.78, 5) is 25.9. The number of halogens is 1. The Morgan fingerprint density at radius 3 is 2.73 bits per heavy atom. The Morgan fingerprint density at radius 2 is 2.09 bits per heavy atom. The number of amides is 2. The van der Waals surface area contributed by atoms with Gasteiger partial charge in [0.1, 0.15) is 23.5 Å². The summed E-state index contributed by atoms with van der Waals surface area (Å²) in [6.45, 7) is 6.11. The maximum Gasteiger partial charge on any atom is 0.273 e. The van der Waals surface area contributed by atoms with Crippen LogP contribution in [0.5, 0.6) is 0 Å². The van der Waals surface area contributed by atoms with Gasteiger partial charge >= 0.3 is 0 Å². The molecule has 1 saturated heterocycles. The molecule has 0 saturated carbocycles. The average molecular weight is 467 g/mol. The summed E-state index contributed by atoms with van der Waals surface area (Å²) >= 11 is 0. The summed E-state index contributed by atoms with van der Waals surface area (Å²) in [5.41, 5.74) is -0.529. The fourth-order valence-electron chi connectivity index (χ4n) is 3.59. The van der Waals surface area contributed by atoms with E-state index in [1.807, 2.05) is 0 Å². The molecule has 3 atom stereocenters. The van der Waals surface area contributed by atoms with E-state index in [2.05, 4.69) is 15.7 Å². The minimum atomic E-state index is -1.11. The van der Waals surface area contributed by atoms with Gasteiger partial charge in [0.05, 0.1) is 39.1 Å². The number of aliphatic hydroxyl groups is 2. The molecule has 182 valence electrons. The predicted octanol–water partition coefficient (Wildman–Crippen LogP) is 0.205. The molecule has 1 aliphatic heterocycles. The van der Waals surface area contributed by atoms with Crippen molar-refractivity contribution in [1.82, 2.24) is 20.4 Å². The Labute approximate surface area is 191 Å². The standard InChI is InChI=1S/C22H31FN4O6/c1-22(2,3)19(21(31)24-9-13(29)11-28)25-20(30)17-15-5-4-6-16(23)18(15)27(26-17)10-14-12-32-7-8-33-14/h4-6,13-14,19,28-29H,7-12H2,1-3H3,(H,24,31)(H,25,30)/t13-,14-,19-/m1/s1. The van der Waals surface area contributed by atoms with Crippen LogP contribution in [0.3, 0.4) is 0 Å². The summed E-state index contributed by atoms with van der Waals surface area (Å²) in [5.74, 6) is -1.69. The number of aliphatic hydroxyl groups excluding tert-OH is 2. The maximum atomic E-state index is 14.7. The van der Waals surface area contributed by atoms with Crippen LogP contribution in [-0.2, 0) is 20.8 Å². The number of hydrogen-bond acceptors (Lipinski definition) is 7. The molecule has 0 aliphatic carbocycles.